The van der Waals surface area contributed by atoms with Crippen molar-refractivity contribution in [2.24, 2.45) is 0 Å². The largest absolute Gasteiger partial charge is 0.462 e. The van der Waals surface area contributed by atoms with Crippen molar-refractivity contribution in [1.82, 2.24) is 10.6 Å². The van der Waals surface area contributed by atoms with E-state index in [1.165, 1.54) is 27.7 Å². The molecule has 0 aliphatic heterocycles. The monoisotopic (exact) mass is 1400 g/mol. The van der Waals surface area contributed by atoms with E-state index in [0.29, 0.717) is 45.9 Å². The molecule has 0 bridgehead atoms. The molecule has 52 heavy (non-hydrogen) atoms. The van der Waals surface area contributed by atoms with E-state index in [9.17, 15) is 39.0 Å². The molecule has 0 aliphatic carbocycles. The van der Waals surface area contributed by atoms with Crippen molar-refractivity contribution >= 4 is 183 Å². The Labute approximate surface area is 380 Å². The number of ether oxygens (including phenoxy) is 3. The summed E-state index contributed by atoms with van der Waals surface area (Å²) in [6.07, 6.45) is -1.89. The van der Waals surface area contributed by atoms with E-state index in [1.807, 2.05) is 136 Å². The lowest BCUT2D eigenvalue weighted by molar-refractivity contribution is -0.155. The first-order chi connectivity index (χ1) is 24.2. The molecule has 0 aliphatic rings. The number of benzene rings is 2. The lowest BCUT2D eigenvalue weighted by Crippen LogP contribution is -2.38. The van der Waals surface area contributed by atoms with Crippen molar-refractivity contribution in [3.05, 3.63) is 43.7 Å². The molecular weight excluding hydrogens is 1370 g/mol. The highest BCUT2D eigenvalue weighted by molar-refractivity contribution is 14.1. The van der Waals surface area contributed by atoms with Gasteiger partial charge in [0, 0.05) is 59.6 Å². The zero-order valence-corrected chi connectivity index (χ0v) is 40.7. The van der Waals surface area contributed by atoms with Gasteiger partial charge in [-0.05, 0) is 136 Å². The maximum atomic E-state index is 13.1. The highest BCUT2D eigenvalue weighted by atomic mass is 127. The summed E-state index contributed by atoms with van der Waals surface area (Å²) in [5, 5.41) is 35.3. The predicted octanol–water partition coefficient (Wildman–Crippen LogP) is 3.40. The fourth-order valence-electron chi connectivity index (χ4n) is 3.81. The van der Waals surface area contributed by atoms with E-state index in [1.54, 1.807) is 0 Å². The van der Waals surface area contributed by atoms with Gasteiger partial charge in [-0.25, -0.2) is 0 Å². The Morgan fingerprint density at radius 2 is 1.21 bits per heavy atom. The Morgan fingerprint density at radius 3 is 1.69 bits per heavy atom. The summed E-state index contributed by atoms with van der Waals surface area (Å²) in [6, 6.07) is 0. The normalized spacial score (nSPS) is 11.6. The SMILES string of the molecule is CC(=O)Nc1c(I)c(COC(C)=O)c(I)c(C(=O)NCC(COC(C)=O)OC(C)=O)c1I.Nc1c(I)c(CO)c(I)c(C(=O)NCC(O)CO)c1I. The van der Waals surface area contributed by atoms with E-state index in [2.05, 4.69) is 16.0 Å². The molecule has 0 spiro atoms. The molecule has 8 N–H and O–H groups in total. The van der Waals surface area contributed by atoms with Gasteiger partial charge in [0.05, 0.1) is 55.5 Å². The minimum absolute atomic E-state index is 0.0537. The Balaban J connectivity index is 0.000000578. The van der Waals surface area contributed by atoms with Crippen LogP contribution in [-0.2, 0) is 46.6 Å². The number of aliphatic hydroxyl groups excluding tert-OH is 3. The van der Waals surface area contributed by atoms with Gasteiger partial charge in [-0.3, -0.25) is 28.8 Å². The van der Waals surface area contributed by atoms with Gasteiger partial charge in [-0.15, -0.1) is 0 Å². The zero-order valence-electron chi connectivity index (χ0n) is 27.8. The quantitative estimate of drug-likeness (QED) is 0.0621. The number of esters is 3. The Hall–Kier alpha value is -0.680. The van der Waals surface area contributed by atoms with Crippen LogP contribution in [0.1, 0.15) is 59.5 Å². The van der Waals surface area contributed by atoms with Crippen LogP contribution in [0.15, 0.2) is 0 Å². The molecule has 2 aromatic rings. The molecule has 0 aromatic heterocycles. The third kappa shape index (κ3) is 15.1. The van der Waals surface area contributed by atoms with Gasteiger partial charge in [0.2, 0.25) is 5.91 Å². The molecule has 0 fully saturated rings. The number of amides is 3. The van der Waals surface area contributed by atoms with Crippen LogP contribution in [0.25, 0.3) is 0 Å². The number of hydrogen-bond acceptors (Lipinski definition) is 13. The molecule has 2 atom stereocenters. The number of nitrogens with one attached hydrogen (secondary N) is 3. The van der Waals surface area contributed by atoms with E-state index in [4.69, 9.17) is 25.1 Å². The molecule has 2 unspecified atom stereocenters. The summed E-state index contributed by atoms with van der Waals surface area (Å²) in [5.74, 6) is -2.87. The minimum Gasteiger partial charge on any atom is -0.462 e. The van der Waals surface area contributed by atoms with Gasteiger partial charge in [-0.1, -0.05) is 0 Å². The number of halogens is 6. The zero-order chi connectivity index (χ0) is 40.0. The van der Waals surface area contributed by atoms with Crippen LogP contribution in [0.2, 0.25) is 0 Å². The molecule has 2 rings (SSSR count). The van der Waals surface area contributed by atoms with Gasteiger partial charge < -0.3 is 51.2 Å². The standard InChI is InChI=1S/C19H21I3N2O8.C11H13I3N2O4/c1-8(25)24-18-16(21)13(7-31-10(3)27)15(20)14(17(18)22)19(29)23-5-12(32-11(4)28)6-30-9(2)26;12-7-5(3-18)8(13)10(15)9(14)6(7)11(20)16-1-4(19)2-17/h12H,5-7H2,1-4H3,(H,23,29)(H,24,25);4,17-19H,1-3,15H2,(H,16,20). The van der Waals surface area contributed by atoms with Gasteiger partial charge in [-0.2, -0.15) is 0 Å². The molecule has 0 radical (unpaired) electrons. The summed E-state index contributed by atoms with van der Waals surface area (Å²) in [6.45, 7) is 3.93. The van der Waals surface area contributed by atoms with Crippen molar-refractivity contribution < 1.29 is 58.3 Å². The second kappa shape index (κ2) is 24.1. The summed E-state index contributed by atoms with van der Waals surface area (Å²) >= 11 is 12.0. The van der Waals surface area contributed by atoms with Crippen LogP contribution in [0.3, 0.4) is 0 Å². The van der Waals surface area contributed by atoms with E-state index in [-0.39, 0.29) is 44.4 Å². The maximum absolute atomic E-state index is 13.1. The average Bonchev–Trinajstić information content (AvgIpc) is 3.05. The van der Waals surface area contributed by atoms with Crippen LogP contribution in [0.5, 0.6) is 0 Å². The number of carbonyl (C=O) groups excluding carboxylic acids is 6. The number of nitrogen functional groups attached to an aromatic ring is 1. The summed E-state index contributed by atoms with van der Waals surface area (Å²) < 4.78 is 18.7. The summed E-state index contributed by atoms with van der Waals surface area (Å²) in [4.78, 5) is 70.6. The highest BCUT2D eigenvalue weighted by Crippen LogP contribution is 2.36. The van der Waals surface area contributed by atoms with Crippen molar-refractivity contribution in [2.45, 2.75) is 53.1 Å². The van der Waals surface area contributed by atoms with Crippen molar-refractivity contribution in [2.75, 3.05) is 37.4 Å². The van der Waals surface area contributed by atoms with Gasteiger partial charge in [0.1, 0.15) is 13.2 Å². The molecule has 3 amide bonds. The van der Waals surface area contributed by atoms with E-state index in [0.717, 1.165) is 3.57 Å². The van der Waals surface area contributed by atoms with Crippen LogP contribution in [0, 0.1) is 21.4 Å². The van der Waals surface area contributed by atoms with Crippen LogP contribution < -0.4 is 21.7 Å². The Bertz CT molecular complexity index is 1700. The molecule has 0 saturated carbocycles. The number of hydrogen-bond donors (Lipinski definition) is 7. The van der Waals surface area contributed by atoms with Crippen LogP contribution >= 0.6 is 136 Å². The van der Waals surface area contributed by atoms with Crippen molar-refractivity contribution in [3.8, 4) is 0 Å². The van der Waals surface area contributed by atoms with Crippen molar-refractivity contribution in [1.29, 1.82) is 0 Å². The molecule has 16 nitrogen and oxygen atoms in total. The van der Waals surface area contributed by atoms with E-state index < -0.39 is 48.5 Å². The Morgan fingerprint density at radius 1 is 0.692 bits per heavy atom. The minimum atomic E-state index is -1.01. The first-order valence-corrected chi connectivity index (χ1v) is 21.0. The summed E-state index contributed by atoms with van der Waals surface area (Å²) in [5.41, 5.74) is 8.62. The number of nitrogens with two attached hydrogens (primary N) is 1. The molecule has 22 heteroatoms. The Kier molecular flexibility index (Phi) is 22.8. The number of rotatable bonds is 14. The second-order valence-corrected chi connectivity index (χ2v) is 16.8. The van der Waals surface area contributed by atoms with Crippen LogP contribution in [0.4, 0.5) is 11.4 Å². The first-order valence-electron chi connectivity index (χ1n) is 14.5. The number of carbonyl (C=O) groups is 6. The highest BCUT2D eigenvalue weighted by Gasteiger charge is 2.27. The smallest absolute Gasteiger partial charge is 0.303 e. The third-order valence-corrected chi connectivity index (χ3v) is 13.2. The molecule has 288 valence electrons. The lowest BCUT2D eigenvalue weighted by atomic mass is 10.1. The fraction of sp³-hybridized carbons (Fsp3) is 0.400. The summed E-state index contributed by atoms with van der Waals surface area (Å²) in [7, 11) is 0. The predicted molar refractivity (Wildman–Crippen MR) is 239 cm³/mol. The van der Waals surface area contributed by atoms with Gasteiger partial charge >= 0.3 is 17.9 Å². The number of aliphatic hydroxyl groups is 3. The lowest BCUT2D eigenvalue weighted by Gasteiger charge is -2.21. The van der Waals surface area contributed by atoms with Gasteiger partial charge in [0.15, 0.2) is 6.10 Å². The van der Waals surface area contributed by atoms with Gasteiger partial charge in [0.25, 0.3) is 11.8 Å². The second-order valence-electron chi connectivity index (χ2n) is 10.3. The average molecular weight is 1400 g/mol. The topological polar surface area (TPSA) is 253 Å². The third-order valence-electron chi connectivity index (χ3n) is 6.19. The van der Waals surface area contributed by atoms with E-state index >= 15 is 0 Å². The fourth-order valence-corrected chi connectivity index (χ4v) is 12.0. The molecule has 2 aromatic carbocycles. The van der Waals surface area contributed by atoms with Crippen LogP contribution in [-0.4, -0.2) is 89.5 Å². The first kappa shape index (κ1) is 49.3. The molecular formula is C30H34I6N4O12. The maximum Gasteiger partial charge on any atom is 0.303 e. The molecule has 0 heterocycles. The molecule has 0 saturated heterocycles. The van der Waals surface area contributed by atoms with Crippen molar-refractivity contribution in [3.63, 3.8) is 0 Å². The number of anilines is 2.